The Labute approximate surface area is 138 Å². The van der Waals surface area contributed by atoms with Crippen LogP contribution in [0.5, 0.6) is 0 Å². The summed E-state index contributed by atoms with van der Waals surface area (Å²) in [5.41, 5.74) is 4.56. The zero-order valence-electron chi connectivity index (χ0n) is 13.3. The molecule has 0 unspecified atom stereocenters. The first-order valence-electron chi connectivity index (χ1n) is 7.78. The minimum absolute atomic E-state index is 0.132. The van der Waals surface area contributed by atoms with Gasteiger partial charge in [-0.1, -0.05) is 30.3 Å². The number of nitrogens with zero attached hydrogens (tertiary/aromatic N) is 2. The van der Waals surface area contributed by atoms with E-state index in [0.29, 0.717) is 13.1 Å². The van der Waals surface area contributed by atoms with E-state index >= 15 is 0 Å². The summed E-state index contributed by atoms with van der Waals surface area (Å²) in [6, 6.07) is 13.5. The molecule has 0 saturated heterocycles. The molecule has 0 spiro atoms. The maximum Gasteiger partial charge on any atom is 0.410 e. The Morgan fingerprint density at radius 3 is 2.62 bits per heavy atom. The van der Waals surface area contributed by atoms with Crippen LogP contribution in [-0.4, -0.2) is 20.5 Å². The summed E-state index contributed by atoms with van der Waals surface area (Å²) in [5, 5.41) is 0. The molecule has 1 N–H and O–H groups in total. The molecule has 0 atom stereocenters. The van der Waals surface area contributed by atoms with Crippen molar-refractivity contribution in [3.05, 3.63) is 69.6 Å². The minimum Gasteiger partial charge on any atom is -0.445 e. The van der Waals surface area contributed by atoms with Crippen LogP contribution in [0.2, 0.25) is 0 Å². The number of benzene rings is 2. The van der Waals surface area contributed by atoms with Crippen LogP contribution in [0.4, 0.5) is 4.79 Å². The lowest BCUT2D eigenvalue weighted by Crippen LogP contribution is -2.26. The third-order valence-electron chi connectivity index (χ3n) is 4.41. The maximum atomic E-state index is 12.3. The van der Waals surface area contributed by atoms with Gasteiger partial charge in [-0.3, -0.25) is 9.47 Å². The number of hydrogen-bond acceptors (Lipinski definition) is 3. The standard InChI is InChI=1S/C18H17N3O3/c1-20-16-8-14-10-21(9-13(14)7-15(16)19-17(20)22)18(23)24-11-12-5-3-2-4-6-12/h2-8H,9-11H2,1H3,(H,19,22). The van der Waals surface area contributed by atoms with Gasteiger partial charge in [0.05, 0.1) is 11.0 Å². The maximum absolute atomic E-state index is 12.3. The van der Waals surface area contributed by atoms with Gasteiger partial charge in [0.25, 0.3) is 0 Å². The van der Waals surface area contributed by atoms with E-state index in [9.17, 15) is 9.59 Å². The second kappa shape index (κ2) is 5.56. The highest BCUT2D eigenvalue weighted by molar-refractivity contribution is 5.78. The Hall–Kier alpha value is -3.02. The smallest absolute Gasteiger partial charge is 0.410 e. The zero-order chi connectivity index (χ0) is 16.7. The van der Waals surface area contributed by atoms with Gasteiger partial charge in [-0.15, -0.1) is 0 Å². The number of aromatic amines is 1. The number of hydrogen-bond donors (Lipinski definition) is 1. The first-order chi connectivity index (χ1) is 11.6. The number of carbonyl (C=O) groups is 1. The number of aromatic nitrogens is 2. The van der Waals surface area contributed by atoms with E-state index in [2.05, 4.69) is 4.98 Å². The molecule has 0 bridgehead atoms. The quantitative estimate of drug-likeness (QED) is 0.788. The van der Waals surface area contributed by atoms with Gasteiger partial charge in [-0.05, 0) is 28.8 Å². The number of H-pyrrole nitrogens is 1. The van der Waals surface area contributed by atoms with Crippen LogP contribution in [0.15, 0.2) is 47.3 Å². The van der Waals surface area contributed by atoms with E-state index < -0.39 is 0 Å². The van der Waals surface area contributed by atoms with Crippen LogP contribution in [0.25, 0.3) is 11.0 Å². The lowest BCUT2D eigenvalue weighted by atomic mass is 10.1. The summed E-state index contributed by atoms with van der Waals surface area (Å²) >= 11 is 0. The van der Waals surface area contributed by atoms with Crippen molar-refractivity contribution in [1.29, 1.82) is 0 Å². The molecule has 6 nitrogen and oxygen atoms in total. The third-order valence-corrected chi connectivity index (χ3v) is 4.41. The van der Waals surface area contributed by atoms with Crippen molar-refractivity contribution in [2.24, 2.45) is 7.05 Å². The van der Waals surface area contributed by atoms with Crippen molar-refractivity contribution in [3.63, 3.8) is 0 Å². The summed E-state index contributed by atoms with van der Waals surface area (Å²) in [7, 11) is 1.73. The molecule has 0 radical (unpaired) electrons. The third kappa shape index (κ3) is 2.46. The van der Waals surface area contributed by atoms with E-state index in [0.717, 1.165) is 27.7 Å². The SMILES string of the molecule is Cn1c(=O)[nH]c2cc3c(cc21)CN(C(=O)OCc1ccccc1)C3. The topological polar surface area (TPSA) is 67.3 Å². The molecular weight excluding hydrogens is 306 g/mol. The van der Waals surface area contributed by atoms with Crippen molar-refractivity contribution in [2.45, 2.75) is 19.7 Å². The number of imidazole rings is 1. The molecule has 122 valence electrons. The van der Waals surface area contributed by atoms with Crippen LogP contribution in [0.3, 0.4) is 0 Å². The van der Waals surface area contributed by atoms with E-state index in [1.54, 1.807) is 16.5 Å². The summed E-state index contributed by atoms with van der Waals surface area (Å²) in [6.07, 6.45) is -0.326. The predicted molar refractivity (Wildman–Crippen MR) is 89.4 cm³/mol. The molecule has 0 fully saturated rings. The summed E-state index contributed by atoms with van der Waals surface area (Å²) in [6.45, 7) is 1.26. The first kappa shape index (κ1) is 14.6. The zero-order valence-corrected chi connectivity index (χ0v) is 13.3. The Balaban J connectivity index is 1.49. The van der Waals surface area contributed by atoms with Gasteiger partial charge in [0.2, 0.25) is 0 Å². The van der Waals surface area contributed by atoms with Gasteiger partial charge in [0.15, 0.2) is 0 Å². The number of rotatable bonds is 2. The van der Waals surface area contributed by atoms with Gasteiger partial charge in [0.1, 0.15) is 6.61 Å². The van der Waals surface area contributed by atoms with E-state index in [-0.39, 0.29) is 18.4 Å². The summed E-state index contributed by atoms with van der Waals surface area (Å²) in [4.78, 5) is 28.5. The Bertz CT molecular complexity index is 972. The fraction of sp³-hybridized carbons (Fsp3) is 0.222. The number of ether oxygens (including phenoxy) is 1. The molecule has 24 heavy (non-hydrogen) atoms. The van der Waals surface area contributed by atoms with Crippen LogP contribution < -0.4 is 5.69 Å². The van der Waals surface area contributed by atoms with E-state index in [1.165, 1.54) is 0 Å². The molecule has 1 amide bonds. The van der Waals surface area contributed by atoms with Crippen LogP contribution >= 0.6 is 0 Å². The Morgan fingerprint density at radius 1 is 1.17 bits per heavy atom. The normalized spacial score (nSPS) is 13.3. The molecular formula is C18H17N3O3. The van der Waals surface area contributed by atoms with Gasteiger partial charge in [-0.25, -0.2) is 9.59 Å². The van der Waals surface area contributed by atoms with Gasteiger partial charge in [0, 0.05) is 20.1 Å². The van der Waals surface area contributed by atoms with Crippen LogP contribution in [0, 0.1) is 0 Å². The van der Waals surface area contributed by atoms with Crippen molar-refractivity contribution in [3.8, 4) is 0 Å². The molecule has 1 aliphatic heterocycles. The molecule has 0 aliphatic carbocycles. The van der Waals surface area contributed by atoms with Crippen molar-refractivity contribution in [2.75, 3.05) is 0 Å². The fourth-order valence-electron chi connectivity index (χ4n) is 3.06. The summed E-state index contributed by atoms with van der Waals surface area (Å²) in [5.74, 6) is 0. The summed E-state index contributed by atoms with van der Waals surface area (Å²) < 4.78 is 6.96. The van der Waals surface area contributed by atoms with Crippen LogP contribution in [-0.2, 0) is 31.5 Å². The van der Waals surface area contributed by atoms with Gasteiger partial charge >= 0.3 is 11.8 Å². The lowest BCUT2D eigenvalue weighted by Gasteiger charge is -2.15. The highest BCUT2D eigenvalue weighted by Crippen LogP contribution is 2.27. The minimum atomic E-state index is -0.326. The lowest BCUT2D eigenvalue weighted by molar-refractivity contribution is 0.0955. The molecule has 1 aromatic heterocycles. The highest BCUT2D eigenvalue weighted by atomic mass is 16.6. The Morgan fingerprint density at radius 2 is 1.88 bits per heavy atom. The largest absolute Gasteiger partial charge is 0.445 e. The second-order valence-electron chi connectivity index (χ2n) is 6.02. The Kier molecular flexibility index (Phi) is 3.37. The van der Waals surface area contributed by atoms with Crippen molar-refractivity contribution >= 4 is 17.1 Å². The molecule has 2 aromatic carbocycles. The van der Waals surface area contributed by atoms with Gasteiger partial charge in [-0.2, -0.15) is 0 Å². The van der Waals surface area contributed by atoms with Crippen LogP contribution in [0.1, 0.15) is 16.7 Å². The average molecular weight is 323 g/mol. The first-order valence-corrected chi connectivity index (χ1v) is 7.78. The average Bonchev–Trinajstić information content (AvgIpc) is 3.13. The van der Waals surface area contributed by atoms with E-state index in [1.807, 2.05) is 42.5 Å². The van der Waals surface area contributed by atoms with Gasteiger partial charge < -0.3 is 9.72 Å². The molecule has 6 heteroatoms. The monoisotopic (exact) mass is 323 g/mol. The van der Waals surface area contributed by atoms with Crippen molar-refractivity contribution in [1.82, 2.24) is 14.5 Å². The molecule has 0 saturated carbocycles. The number of nitrogens with one attached hydrogen (secondary N) is 1. The second-order valence-corrected chi connectivity index (χ2v) is 6.02. The predicted octanol–water partition coefficient (Wildman–Crippen LogP) is 2.52. The number of aryl methyl sites for hydroxylation is 1. The van der Waals surface area contributed by atoms with E-state index in [4.69, 9.17) is 4.74 Å². The fourth-order valence-corrected chi connectivity index (χ4v) is 3.06. The molecule has 3 aromatic rings. The molecule has 1 aliphatic rings. The van der Waals surface area contributed by atoms with Crippen molar-refractivity contribution < 1.29 is 9.53 Å². The molecule has 2 heterocycles. The number of carbonyl (C=O) groups excluding carboxylic acids is 1. The molecule has 4 rings (SSSR count). The number of amides is 1. The highest BCUT2D eigenvalue weighted by Gasteiger charge is 2.25. The number of fused-ring (bicyclic) bond motifs is 2.